The maximum absolute atomic E-state index is 9.11. The molecule has 0 aliphatic heterocycles. The van der Waals surface area contributed by atoms with E-state index in [-0.39, 0.29) is 6.61 Å². The Labute approximate surface area is 134 Å². The number of hydrogen-bond donors (Lipinski definition) is 2. The average molecular weight is 315 g/mol. The Kier molecular flexibility index (Phi) is 4.24. The minimum absolute atomic E-state index is 0.113. The fraction of sp³-hybridized carbons (Fsp3) is 0.467. The third-order valence-corrected chi connectivity index (χ3v) is 3.78. The van der Waals surface area contributed by atoms with Crippen LogP contribution in [0.1, 0.15) is 24.7 Å². The van der Waals surface area contributed by atoms with Crippen LogP contribution in [0, 0.1) is 13.8 Å². The second-order valence-corrected chi connectivity index (χ2v) is 5.45. The predicted octanol–water partition coefficient (Wildman–Crippen LogP) is 1.55. The number of aryl methyl sites for hydroxylation is 4. The maximum Gasteiger partial charge on any atom is 0.185 e. The van der Waals surface area contributed by atoms with Gasteiger partial charge in [-0.25, -0.2) is 9.67 Å². The average Bonchev–Trinajstić information content (AvgIpc) is 3.23. The third kappa shape index (κ3) is 2.89. The zero-order valence-electron chi connectivity index (χ0n) is 13.6. The molecule has 0 aliphatic carbocycles. The number of nitrogens with one attached hydrogen (secondary N) is 1. The molecule has 0 amide bonds. The minimum Gasteiger partial charge on any atom is -0.396 e. The lowest BCUT2D eigenvalue weighted by molar-refractivity contribution is 0.277. The van der Waals surface area contributed by atoms with Crippen LogP contribution in [-0.2, 0) is 13.1 Å². The van der Waals surface area contributed by atoms with Gasteiger partial charge >= 0.3 is 0 Å². The van der Waals surface area contributed by atoms with Crippen LogP contribution in [0.25, 0.3) is 22.9 Å². The van der Waals surface area contributed by atoms with Gasteiger partial charge in [0.15, 0.2) is 11.6 Å². The van der Waals surface area contributed by atoms with Gasteiger partial charge < -0.3 is 5.11 Å². The number of nitrogens with zero attached hydrogens (tertiary/aromatic N) is 6. The topological polar surface area (TPSA) is 97.4 Å². The number of aromatic nitrogens is 7. The number of aromatic amines is 1. The van der Waals surface area contributed by atoms with Crippen LogP contribution in [0.2, 0.25) is 0 Å². The van der Waals surface area contributed by atoms with Crippen molar-refractivity contribution < 1.29 is 5.11 Å². The Morgan fingerprint density at radius 2 is 2.04 bits per heavy atom. The summed E-state index contributed by atoms with van der Waals surface area (Å²) < 4.78 is 3.74. The van der Waals surface area contributed by atoms with Crippen molar-refractivity contribution in [3.63, 3.8) is 0 Å². The summed E-state index contributed by atoms with van der Waals surface area (Å²) in [5.74, 6) is 1.33. The molecule has 3 aromatic rings. The van der Waals surface area contributed by atoms with E-state index in [1.165, 1.54) is 0 Å². The zero-order valence-corrected chi connectivity index (χ0v) is 13.6. The molecule has 8 nitrogen and oxygen atoms in total. The van der Waals surface area contributed by atoms with Gasteiger partial charge in [-0.05, 0) is 33.3 Å². The largest absolute Gasteiger partial charge is 0.396 e. The molecule has 3 rings (SSSR count). The molecule has 0 saturated carbocycles. The van der Waals surface area contributed by atoms with Crippen LogP contribution in [0.4, 0.5) is 0 Å². The van der Waals surface area contributed by atoms with Gasteiger partial charge in [0.25, 0.3) is 0 Å². The normalized spacial score (nSPS) is 11.3. The zero-order chi connectivity index (χ0) is 16.4. The lowest BCUT2D eigenvalue weighted by Crippen LogP contribution is -2.05. The van der Waals surface area contributed by atoms with Gasteiger partial charge in [-0.15, -0.1) is 0 Å². The summed E-state index contributed by atoms with van der Waals surface area (Å²) in [6.45, 7) is 7.53. The molecule has 3 heterocycles. The van der Waals surface area contributed by atoms with Crippen LogP contribution < -0.4 is 0 Å². The Bertz CT molecular complexity index is 799. The standard InChI is InChI=1S/C15H21N7O/c1-4-21-10(2)8-13(19-21)15-17-14(12-9-16-18-11(12)3)20-22(15)6-5-7-23/h8-9,23H,4-7H2,1-3H3,(H,16,18). The number of aliphatic hydroxyl groups excluding tert-OH is 1. The van der Waals surface area contributed by atoms with Gasteiger partial charge in [0, 0.05) is 31.1 Å². The third-order valence-electron chi connectivity index (χ3n) is 3.78. The quantitative estimate of drug-likeness (QED) is 0.719. The molecule has 0 aromatic carbocycles. The molecule has 0 bridgehead atoms. The highest BCUT2D eigenvalue weighted by Crippen LogP contribution is 2.23. The highest BCUT2D eigenvalue weighted by molar-refractivity contribution is 5.60. The molecule has 0 fully saturated rings. The first kappa shape index (κ1) is 15.4. The summed E-state index contributed by atoms with van der Waals surface area (Å²) in [4.78, 5) is 4.66. The number of aliphatic hydroxyl groups is 1. The lowest BCUT2D eigenvalue weighted by Gasteiger charge is -2.02. The molecule has 0 aliphatic rings. The van der Waals surface area contributed by atoms with Crippen molar-refractivity contribution in [2.45, 2.75) is 40.3 Å². The van der Waals surface area contributed by atoms with Crippen molar-refractivity contribution in [3.05, 3.63) is 23.7 Å². The van der Waals surface area contributed by atoms with Crippen LogP contribution in [0.5, 0.6) is 0 Å². The van der Waals surface area contributed by atoms with Crippen molar-refractivity contribution in [3.8, 4) is 22.9 Å². The molecule has 122 valence electrons. The Hall–Kier alpha value is -2.48. The van der Waals surface area contributed by atoms with E-state index in [1.807, 2.05) is 24.6 Å². The highest BCUT2D eigenvalue weighted by atomic mass is 16.3. The molecule has 0 saturated heterocycles. The highest BCUT2D eigenvalue weighted by Gasteiger charge is 2.18. The van der Waals surface area contributed by atoms with Gasteiger partial charge in [-0.2, -0.15) is 15.3 Å². The van der Waals surface area contributed by atoms with E-state index in [2.05, 4.69) is 32.3 Å². The fourth-order valence-corrected chi connectivity index (χ4v) is 2.54. The van der Waals surface area contributed by atoms with Gasteiger partial charge in [0.2, 0.25) is 0 Å². The van der Waals surface area contributed by atoms with Crippen LogP contribution >= 0.6 is 0 Å². The van der Waals surface area contributed by atoms with E-state index in [9.17, 15) is 0 Å². The molecule has 0 atom stereocenters. The molecule has 2 N–H and O–H groups in total. The first-order chi connectivity index (χ1) is 11.1. The van der Waals surface area contributed by atoms with Gasteiger partial charge in [-0.3, -0.25) is 9.78 Å². The van der Waals surface area contributed by atoms with Crippen molar-refractivity contribution >= 4 is 0 Å². The fourth-order valence-electron chi connectivity index (χ4n) is 2.54. The number of hydrogen-bond acceptors (Lipinski definition) is 5. The first-order valence-electron chi connectivity index (χ1n) is 7.75. The molecule has 0 radical (unpaired) electrons. The smallest absolute Gasteiger partial charge is 0.185 e. The van der Waals surface area contributed by atoms with Crippen molar-refractivity contribution in [2.24, 2.45) is 0 Å². The second kappa shape index (κ2) is 6.33. The van der Waals surface area contributed by atoms with E-state index in [0.717, 1.165) is 29.2 Å². The summed E-state index contributed by atoms with van der Waals surface area (Å²) in [6.07, 6.45) is 2.34. The molecule has 3 aromatic heterocycles. The van der Waals surface area contributed by atoms with E-state index < -0.39 is 0 Å². The maximum atomic E-state index is 9.11. The Balaban J connectivity index is 2.06. The summed E-state index contributed by atoms with van der Waals surface area (Å²) in [5.41, 5.74) is 3.68. The van der Waals surface area contributed by atoms with Crippen molar-refractivity contribution in [2.75, 3.05) is 6.61 Å². The van der Waals surface area contributed by atoms with Crippen LogP contribution in [-0.4, -0.2) is 46.5 Å². The molecular weight excluding hydrogens is 294 g/mol. The van der Waals surface area contributed by atoms with E-state index in [1.54, 1.807) is 10.9 Å². The van der Waals surface area contributed by atoms with Crippen LogP contribution in [0.15, 0.2) is 12.3 Å². The van der Waals surface area contributed by atoms with Crippen molar-refractivity contribution in [1.82, 2.24) is 34.7 Å². The van der Waals surface area contributed by atoms with Gasteiger partial charge in [-0.1, -0.05) is 0 Å². The lowest BCUT2D eigenvalue weighted by atomic mass is 10.2. The second-order valence-electron chi connectivity index (χ2n) is 5.45. The summed E-state index contributed by atoms with van der Waals surface area (Å²) >= 11 is 0. The van der Waals surface area contributed by atoms with Crippen molar-refractivity contribution in [1.29, 1.82) is 0 Å². The Morgan fingerprint density at radius 3 is 2.65 bits per heavy atom. The van der Waals surface area contributed by atoms with E-state index in [0.29, 0.717) is 24.6 Å². The molecule has 0 unspecified atom stereocenters. The summed E-state index contributed by atoms with van der Waals surface area (Å²) in [7, 11) is 0. The molecular formula is C15H21N7O. The predicted molar refractivity (Wildman–Crippen MR) is 85.7 cm³/mol. The summed E-state index contributed by atoms with van der Waals surface area (Å²) in [6, 6.07) is 2.01. The first-order valence-corrected chi connectivity index (χ1v) is 7.75. The number of H-pyrrole nitrogens is 1. The van der Waals surface area contributed by atoms with Crippen LogP contribution in [0.3, 0.4) is 0 Å². The molecule has 8 heteroatoms. The molecule has 23 heavy (non-hydrogen) atoms. The van der Waals surface area contributed by atoms with E-state index in [4.69, 9.17) is 5.11 Å². The SMILES string of the molecule is CCn1nc(-c2nc(-c3cn[nH]c3C)nn2CCCO)cc1C. The number of rotatable bonds is 6. The van der Waals surface area contributed by atoms with Gasteiger partial charge in [0.05, 0.1) is 11.8 Å². The molecule has 0 spiro atoms. The summed E-state index contributed by atoms with van der Waals surface area (Å²) in [5, 5.41) is 25.2. The van der Waals surface area contributed by atoms with E-state index >= 15 is 0 Å². The minimum atomic E-state index is 0.113. The monoisotopic (exact) mass is 315 g/mol. The Morgan fingerprint density at radius 1 is 1.22 bits per heavy atom. The van der Waals surface area contributed by atoms with Gasteiger partial charge in [0.1, 0.15) is 5.69 Å².